The molecule has 0 aromatic heterocycles. The van der Waals surface area contributed by atoms with Crippen molar-refractivity contribution in [2.45, 2.75) is 51.5 Å². The molecule has 1 aromatic carbocycles. The van der Waals surface area contributed by atoms with Gasteiger partial charge in [-0.3, -0.25) is 9.59 Å². The molecule has 146 valence electrons. The number of anilines is 2. The van der Waals surface area contributed by atoms with Crippen LogP contribution in [0, 0.1) is 0 Å². The van der Waals surface area contributed by atoms with Crippen LogP contribution in [0.5, 0.6) is 0 Å². The first kappa shape index (κ1) is 19.2. The van der Waals surface area contributed by atoms with Gasteiger partial charge in [-0.2, -0.15) is 0 Å². The van der Waals surface area contributed by atoms with Crippen molar-refractivity contribution >= 4 is 29.2 Å². The third-order valence-electron chi connectivity index (χ3n) is 5.04. The molecule has 7 heteroatoms. The van der Waals surface area contributed by atoms with Crippen LogP contribution < -0.4 is 15.5 Å². The van der Waals surface area contributed by atoms with Crippen LogP contribution in [-0.4, -0.2) is 43.5 Å². The van der Waals surface area contributed by atoms with E-state index in [1.165, 1.54) is 0 Å². The first-order chi connectivity index (χ1) is 13.1. The SMILES string of the molecule is CCCCCCNC(=O)COC(=O)c1ccc2c(c1)NC(=O)[C@H]1CCCN21. The lowest BCUT2D eigenvalue weighted by Gasteiger charge is -2.33. The molecule has 2 heterocycles. The number of benzene rings is 1. The molecule has 0 radical (unpaired) electrons. The van der Waals surface area contributed by atoms with E-state index in [4.69, 9.17) is 4.74 Å². The molecule has 0 unspecified atom stereocenters. The van der Waals surface area contributed by atoms with Gasteiger partial charge >= 0.3 is 5.97 Å². The second kappa shape index (κ2) is 8.88. The van der Waals surface area contributed by atoms with E-state index in [1.807, 2.05) is 6.07 Å². The Morgan fingerprint density at radius 1 is 1.30 bits per heavy atom. The molecule has 2 aliphatic rings. The van der Waals surface area contributed by atoms with Crippen LogP contribution in [-0.2, 0) is 14.3 Å². The monoisotopic (exact) mass is 373 g/mol. The van der Waals surface area contributed by atoms with Crippen LogP contribution in [0.1, 0.15) is 55.8 Å². The van der Waals surface area contributed by atoms with Crippen LogP contribution in [0.25, 0.3) is 0 Å². The number of unbranched alkanes of at least 4 members (excludes halogenated alkanes) is 3. The number of nitrogens with zero attached hydrogens (tertiary/aromatic N) is 1. The third kappa shape index (κ3) is 4.59. The summed E-state index contributed by atoms with van der Waals surface area (Å²) in [6, 6.07) is 5.01. The van der Waals surface area contributed by atoms with Gasteiger partial charge in [-0.15, -0.1) is 0 Å². The summed E-state index contributed by atoms with van der Waals surface area (Å²) >= 11 is 0. The molecule has 7 nitrogen and oxygen atoms in total. The van der Waals surface area contributed by atoms with Crippen LogP contribution in [0.15, 0.2) is 18.2 Å². The van der Waals surface area contributed by atoms with Gasteiger partial charge in [0.1, 0.15) is 6.04 Å². The molecule has 2 amide bonds. The Morgan fingerprint density at radius 3 is 2.96 bits per heavy atom. The second-order valence-electron chi connectivity index (χ2n) is 7.06. The van der Waals surface area contributed by atoms with E-state index >= 15 is 0 Å². The molecular weight excluding hydrogens is 346 g/mol. The predicted octanol–water partition coefficient (Wildman–Crippen LogP) is 2.46. The molecule has 0 spiro atoms. The van der Waals surface area contributed by atoms with E-state index in [0.29, 0.717) is 17.8 Å². The van der Waals surface area contributed by atoms with Gasteiger partial charge in [0, 0.05) is 13.1 Å². The van der Waals surface area contributed by atoms with Gasteiger partial charge in [0.05, 0.1) is 16.9 Å². The van der Waals surface area contributed by atoms with E-state index in [9.17, 15) is 14.4 Å². The molecule has 0 bridgehead atoms. The first-order valence-electron chi connectivity index (χ1n) is 9.75. The van der Waals surface area contributed by atoms with Crippen molar-refractivity contribution in [1.29, 1.82) is 0 Å². The molecule has 0 aliphatic carbocycles. The summed E-state index contributed by atoms with van der Waals surface area (Å²) in [5, 5.41) is 5.62. The van der Waals surface area contributed by atoms with Gasteiger partial charge < -0.3 is 20.3 Å². The Balaban J connectivity index is 1.52. The number of hydrogen-bond acceptors (Lipinski definition) is 5. The number of carbonyl (C=O) groups is 3. The Morgan fingerprint density at radius 2 is 2.15 bits per heavy atom. The standard InChI is InChI=1S/C20H27N3O4/c1-2-3-4-5-10-21-18(24)13-27-20(26)14-8-9-16-15(12-14)22-19(25)17-7-6-11-23(16)17/h8-9,12,17H,2-7,10-11,13H2,1H3,(H,21,24)(H,22,25)/t17-/m1/s1. The van der Waals surface area contributed by atoms with Crippen LogP contribution in [0.2, 0.25) is 0 Å². The van der Waals surface area contributed by atoms with Crippen molar-refractivity contribution in [1.82, 2.24) is 5.32 Å². The fourth-order valence-electron chi connectivity index (χ4n) is 3.60. The zero-order valence-corrected chi connectivity index (χ0v) is 15.8. The number of nitrogens with one attached hydrogen (secondary N) is 2. The molecule has 1 fully saturated rings. The minimum atomic E-state index is -0.572. The van der Waals surface area contributed by atoms with E-state index in [0.717, 1.165) is 50.8 Å². The Bertz CT molecular complexity index is 719. The number of fused-ring (bicyclic) bond motifs is 3. The zero-order valence-electron chi connectivity index (χ0n) is 15.8. The first-order valence-corrected chi connectivity index (χ1v) is 9.75. The highest BCUT2D eigenvalue weighted by molar-refractivity contribution is 6.05. The van der Waals surface area contributed by atoms with Crippen molar-refractivity contribution in [3.63, 3.8) is 0 Å². The number of amides is 2. The molecule has 1 saturated heterocycles. The summed E-state index contributed by atoms with van der Waals surface area (Å²) in [6.45, 7) is 3.27. The van der Waals surface area contributed by atoms with E-state index in [2.05, 4.69) is 22.5 Å². The van der Waals surface area contributed by atoms with Gasteiger partial charge in [0.2, 0.25) is 5.91 Å². The minimum absolute atomic E-state index is 0.0343. The molecule has 1 atom stereocenters. The highest BCUT2D eigenvalue weighted by Crippen LogP contribution is 2.37. The summed E-state index contributed by atoms with van der Waals surface area (Å²) in [6.07, 6.45) is 6.13. The van der Waals surface area contributed by atoms with Crippen molar-refractivity contribution < 1.29 is 19.1 Å². The fraction of sp³-hybridized carbons (Fsp3) is 0.550. The quantitative estimate of drug-likeness (QED) is 0.540. The number of hydrogen-bond donors (Lipinski definition) is 2. The molecule has 3 rings (SSSR count). The average molecular weight is 373 g/mol. The molecule has 27 heavy (non-hydrogen) atoms. The molecular formula is C20H27N3O4. The summed E-state index contributed by atoms with van der Waals surface area (Å²) in [5.74, 6) is -0.907. The highest BCUT2D eigenvalue weighted by atomic mass is 16.5. The van der Waals surface area contributed by atoms with Gasteiger partial charge in [-0.05, 0) is 37.5 Å². The van der Waals surface area contributed by atoms with Crippen molar-refractivity contribution in [2.24, 2.45) is 0 Å². The Labute approximate surface area is 159 Å². The summed E-state index contributed by atoms with van der Waals surface area (Å²) in [4.78, 5) is 38.2. The highest BCUT2D eigenvalue weighted by Gasteiger charge is 2.36. The van der Waals surface area contributed by atoms with E-state index in [1.54, 1.807) is 12.1 Å². The molecule has 0 saturated carbocycles. The van der Waals surface area contributed by atoms with Crippen molar-refractivity contribution in [3.05, 3.63) is 23.8 Å². The van der Waals surface area contributed by atoms with E-state index < -0.39 is 5.97 Å². The minimum Gasteiger partial charge on any atom is -0.452 e. The van der Waals surface area contributed by atoms with Crippen LogP contribution in [0.3, 0.4) is 0 Å². The molecule has 2 aliphatic heterocycles. The van der Waals surface area contributed by atoms with Crippen LogP contribution in [0.4, 0.5) is 11.4 Å². The van der Waals surface area contributed by atoms with Gasteiger partial charge in [-0.25, -0.2) is 4.79 Å². The summed E-state index contributed by atoms with van der Waals surface area (Å²) in [7, 11) is 0. The lowest BCUT2D eigenvalue weighted by molar-refractivity contribution is -0.124. The smallest absolute Gasteiger partial charge is 0.338 e. The lowest BCUT2D eigenvalue weighted by atomic mass is 10.1. The van der Waals surface area contributed by atoms with E-state index in [-0.39, 0.29) is 24.5 Å². The topological polar surface area (TPSA) is 87.7 Å². The van der Waals surface area contributed by atoms with Crippen molar-refractivity contribution in [3.8, 4) is 0 Å². The zero-order chi connectivity index (χ0) is 19.2. The number of carbonyl (C=O) groups excluding carboxylic acids is 3. The Kier molecular flexibility index (Phi) is 6.32. The Hall–Kier alpha value is -2.57. The second-order valence-corrected chi connectivity index (χ2v) is 7.06. The van der Waals surface area contributed by atoms with Gasteiger partial charge in [0.15, 0.2) is 6.61 Å². The number of rotatable bonds is 8. The molecule has 2 N–H and O–H groups in total. The van der Waals surface area contributed by atoms with Gasteiger partial charge in [-0.1, -0.05) is 26.2 Å². The fourth-order valence-corrected chi connectivity index (χ4v) is 3.60. The molecule has 1 aromatic rings. The van der Waals surface area contributed by atoms with Gasteiger partial charge in [0.25, 0.3) is 5.91 Å². The third-order valence-corrected chi connectivity index (χ3v) is 5.04. The number of ether oxygens (including phenoxy) is 1. The predicted molar refractivity (Wildman–Crippen MR) is 103 cm³/mol. The van der Waals surface area contributed by atoms with Crippen molar-refractivity contribution in [2.75, 3.05) is 29.9 Å². The maximum Gasteiger partial charge on any atom is 0.338 e. The lowest BCUT2D eigenvalue weighted by Crippen LogP contribution is -2.43. The number of esters is 1. The maximum atomic E-state index is 12.2. The largest absolute Gasteiger partial charge is 0.452 e. The normalized spacial score (nSPS) is 17.7. The average Bonchev–Trinajstić information content (AvgIpc) is 3.16. The van der Waals surface area contributed by atoms with Crippen LogP contribution >= 0.6 is 0 Å². The maximum absolute atomic E-state index is 12.2. The summed E-state index contributed by atoms with van der Waals surface area (Å²) < 4.78 is 5.10. The summed E-state index contributed by atoms with van der Waals surface area (Å²) in [5.41, 5.74) is 1.87.